The molecule has 1 aliphatic heterocycles. The summed E-state index contributed by atoms with van der Waals surface area (Å²) in [5.74, 6) is 0. The van der Waals surface area contributed by atoms with Crippen LogP contribution in [0.1, 0.15) is 42.4 Å². The van der Waals surface area contributed by atoms with Gasteiger partial charge in [-0.25, -0.2) is 4.39 Å². The van der Waals surface area contributed by atoms with Crippen LogP contribution in [0.15, 0.2) is 84.9 Å². The van der Waals surface area contributed by atoms with E-state index in [4.69, 9.17) is 11.6 Å². The third kappa shape index (κ3) is 4.72. The maximum absolute atomic E-state index is 15.7. The van der Waals surface area contributed by atoms with Crippen LogP contribution in [0.5, 0.6) is 0 Å². The number of piperidine rings is 1. The van der Waals surface area contributed by atoms with Crippen molar-refractivity contribution in [2.75, 3.05) is 13.1 Å². The molecular weight excluding hydrogens is 416 g/mol. The number of hydrogen-bond donors (Lipinski definition) is 1. The van der Waals surface area contributed by atoms with Crippen molar-refractivity contribution < 1.29 is 4.39 Å². The average Bonchev–Trinajstić information content (AvgIpc) is 2.77. The molecule has 3 aromatic carbocycles. The maximum atomic E-state index is 15.7. The first-order valence-electron chi connectivity index (χ1n) is 10.4. The summed E-state index contributed by atoms with van der Waals surface area (Å²) in [6.45, 7) is 1.50. The van der Waals surface area contributed by atoms with Gasteiger partial charge in [-0.2, -0.15) is 0 Å². The molecule has 0 atom stereocenters. The molecule has 0 bridgehead atoms. The molecule has 0 aromatic heterocycles. The van der Waals surface area contributed by atoms with Gasteiger partial charge in [0.25, 0.3) is 0 Å². The molecule has 0 spiro atoms. The van der Waals surface area contributed by atoms with Gasteiger partial charge < -0.3 is 5.32 Å². The molecular formula is C26H28Cl2FN. The van der Waals surface area contributed by atoms with Crippen LogP contribution >= 0.6 is 24.0 Å². The van der Waals surface area contributed by atoms with Gasteiger partial charge in [0.2, 0.25) is 0 Å². The Balaban J connectivity index is 0.00000256. The zero-order valence-electron chi connectivity index (χ0n) is 17.0. The first-order valence-corrected chi connectivity index (χ1v) is 10.8. The molecule has 1 nitrogen and oxygen atoms in total. The van der Waals surface area contributed by atoms with Crippen molar-refractivity contribution in [2.24, 2.45) is 0 Å². The van der Waals surface area contributed by atoms with Gasteiger partial charge in [-0.05, 0) is 67.6 Å². The molecule has 4 heteroatoms. The van der Waals surface area contributed by atoms with E-state index < -0.39 is 11.1 Å². The highest BCUT2D eigenvalue weighted by Gasteiger charge is 2.40. The van der Waals surface area contributed by atoms with Crippen LogP contribution in [0.3, 0.4) is 0 Å². The van der Waals surface area contributed by atoms with Crippen LogP contribution in [-0.4, -0.2) is 18.8 Å². The van der Waals surface area contributed by atoms with Crippen molar-refractivity contribution in [1.82, 2.24) is 5.32 Å². The van der Waals surface area contributed by atoms with E-state index in [0.29, 0.717) is 30.7 Å². The lowest BCUT2D eigenvalue weighted by molar-refractivity contribution is 0.0971. The lowest BCUT2D eigenvalue weighted by Crippen LogP contribution is -2.40. The molecule has 30 heavy (non-hydrogen) atoms. The fourth-order valence-corrected chi connectivity index (χ4v) is 4.78. The van der Waals surface area contributed by atoms with Crippen molar-refractivity contribution >= 4 is 24.0 Å². The number of nitrogens with one attached hydrogen (secondary N) is 1. The van der Waals surface area contributed by atoms with Crippen LogP contribution in [0.25, 0.3) is 0 Å². The van der Waals surface area contributed by atoms with E-state index in [-0.39, 0.29) is 12.4 Å². The molecule has 158 valence electrons. The summed E-state index contributed by atoms with van der Waals surface area (Å²) in [4.78, 5) is 0. The molecule has 1 aliphatic rings. The number of alkyl halides is 1. The number of rotatable bonds is 6. The quantitative estimate of drug-likeness (QED) is 0.405. The van der Waals surface area contributed by atoms with E-state index in [2.05, 4.69) is 66.0 Å². The smallest absolute Gasteiger partial charge is 0.113 e. The molecule has 0 amide bonds. The second kappa shape index (κ2) is 9.96. The maximum Gasteiger partial charge on any atom is 0.113 e. The van der Waals surface area contributed by atoms with Crippen molar-refractivity contribution in [1.29, 1.82) is 0 Å². The lowest BCUT2D eigenvalue weighted by atomic mass is 9.65. The topological polar surface area (TPSA) is 12.0 Å². The van der Waals surface area contributed by atoms with Gasteiger partial charge in [-0.1, -0.05) is 84.4 Å². The minimum atomic E-state index is -1.12. The fraction of sp³-hybridized carbons (Fsp3) is 0.308. The van der Waals surface area contributed by atoms with Crippen LogP contribution in [-0.2, 0) is 5.41 Å². The van der Waals surface area contributed by atoms with Crippen LogP contribution in [0, 0.1) is 0 Å². The van der Waals surface area contributed by atoms with Gasteiger partial charge in [0.15, 0.2) is 0 Å². The third-order valence-electron chi connectivity index (χ3n) is 6.32. The van der Waals surface area contributed by atoms with Crippen LogP contribution in [0.4, 0.5) is 4.39 Å². The summed E-state index contributed by atoms with van der Waals surface area (Å²) in [5.41, 5.74) is 1.98. The van der Waals surface area contributed by atoms with Gasteiger partial charge >= 0.3 is 0 Å². The fourth-order valence-electron chi connectivity index (χ4n) is 4.65. The molecule has 3 aromatic rings. The van der Waals surface area contributed by atoms with Crippen molar-refractivity contribution in [2.45, 2.75) is 36.8 Å². The van der Waals surface area contributed by atoms with Crippen molar-refractivity contribution in [3.05, 3.63) is 107 Å². The third-order valence-corrected chi connectivity index (χ3v) is 6.57. The first-order chi connectivity index (χ1) is 14.1. The van der Waals surface area contributed by atoms with Crippen molar-refractivity contribution in [3.63, 3.8) is 0 Å². The lowest BCUT2D eigenvalue weighted by Gasteiger charge is -2.39. The predicted octanol–water partition coefficient (Wildman–Crippen LogP) is 6.97. The van der Waals surface area contributed by atoms with Gasteiger partial charge in [0, 0.05) is 10.4 Å². The molecule has 0 saturated carbocycles. The Morgan fingerprint density at radius 3 is 1.73 bits per heavy atom. The van der Waals surface area contributed by atoms with Gasteiger partial charge in [-0.15, -0.1) is 12.4 Å². The van der Waals surface area contributed by atoms with Gasteiger partial charge in [0.1, 0.15) is 5.67 Å². The molecule has 1 saturated heterocycles. The Kier molecular flexibility index (Phi) is 7.57. The number of benzene rings is 3. The summed E-state index contributed by atoms with van der Waals surface area (Å²) in [6.07, 6.45) is 2.39. The predicted molar refractivity (Wildman–Crippen MR) is 127 cm³/mol. The SMILES string of the molecule is Cl.FC1(CCC(c2ccccc2)(c2ccccc2)c2ccc(Cl)cc2)CCNCC1. The van der Waals surface area contributed by atoms with E-state index >= 15 is 4.39 Å². The summed E-state index contributed by atoms with van der Waals surface area (Å²) in [5, 5.41) is 4.00. The molecule has 0 unspecified atom stereocenters. The summed E-state index contributed by atoms with van der Waals surface area (Å²) in [6, 6.07) is 29.0. The molecule has 1 N–H and O–H groups in total. The Morgan fingerprint density at radius 1 is 0.767 bits per heavy atom. The standard InChI is InChI=1S/C26H27ClFN.ClH/c27-24-13-11-23(12-14-24)26(21-7-3-1-4-8-21,22-9-5-2-6-10-22)16-15-25(28)17-19-29-20-18-25;/h1-14,29H,15-20H2;1H. The van der Waals surface area contributed by atoms with E-state index in [1.54, 1.807) is 0 Å². The molecule has 0 radical (unpaired) electrons. The highest BCUT2D eigenvalue weighted by Crippen LogP contribution is 2.45. The summed E-state index contributed by atoms with van der Waals surface area (Å²) < 4.78 is 15.7. The summed E-state index contributed by atoms with van der Waals surface area (Å²) >= 11 is 6.21. The largest absolute Gasteiger partial charge is 0.316 e. The molecule has 1 fully saturated rings. The zero-order valence-corrected chi connectivity index (χ0v) is 18.6. The van der Waals surface area contributed by atoms with E-state index in [0.717, 1.165) is 18.7 Å². The summed E-state index contributed by atoms with van der Waals surface area (Å²) in [7, 11) is 0. The highest BCUT2D eigenvalue weighted by molar-refractivity contribution is 6.30. The van der Waals surface area contributed by atoms with Crippen molar-refractivity contribution in [3.8, 4) is 0 Å². The normalized spacial score (nSPS) is 15.9. The Morgan fingerprint density at radius 2 is 1.23 bits per heavy atom. The highest BCUT2D eigenvalue weighted by atomic mass is 35.5. The molecule has 0 aliphatic carbocycles. The average molecular weight is 444 g/mol. The number of hydrogen-bond acceptors (Lipinski definition) is 1. The van der Waals surface area contributed by atoms with Crippen LogP contribution in [0.2, 0.25) is 5.02 Å². The Hall–Kier alpha value is -1.87. The minimum absolute atomic E-state index is 0. The Bertz CT molecular complexity index is 867. The van der Waals surface area contributed by atoms with E-state index in [1.807, 2.05) is 24.3 Å². The van der Waals surface area contributed by atoms with Crippen LogP contribution < -0.4 is 5.32 Å². The van der Waals surface area contributed by atoms with Gasteiger partial charge in [0.05, 0.1) is 0 Å². The van der Waals surface area contributed by atoms with E-state index in [9.17, 15) is 0 Å². The first kappa shape index (κ1) is 22.8. The molecule has 1 heterocycles. The monoisotopic (exact) mass is 443 g/mol. The second-order valence-electron chi connectivity index (χ2n) is 8.05. The Labute approximate surface area is 190 Å². The second-order valence-corrected chi connectivity index (χ2v) is 8.48. The number of halogens is 3. The zero-order chi connectivity index (χ0) is 20.2. The van der Waals surface area contributed by atoms with E-state index in [1.165, 1.54) is 11.1 Å². The van der Waals surface area contributed by atoms with Gasteiger partial charge in [-0.3, -0.25) is 0 Å². The molecule has 4 rings (SSSR count). The minimum Gasteiger partial charge on any atom is -0.316 e.